The largest absolute Gasteiger partial charge is 0.354 e. The van der Waals surface area contributed by atoms with Crippen molar-refractivity contribution in [2.45, 2.75) is 41.5 Å². The van der Waals surface area contributed by atoms with Gasteiger partial charge in [-0.3, -0.25) is 0 Å². The van der Waals surface area contributed by atoms with Gasteiger partial charge in [0.2, 0.25) is 0 Å². The van der Waals surface area contributed by atoms with Crippen molar-refractivity contribution in [3.63, 3.8) is 0 Å². The zero-order valence-corrected chi connectivity index (χ0v) is 40.5. The third-order valence-electron chi connectivity index (χ3n) is 14.5. The highest BCUT2D eigenvalue weighted by molar-refractivity contribution is 6.38. The van der Waals surface area contributed by atoms with E-state index in [1.54, 1.807) is 0 Å². The fourth-order valence-corrected chi connectivity index (χ4v) is 11.8. The van der Waals surface area contributed by atoms with Gasteiger partial charge in [-0.05, 0) is 185 Å². The van der Waals surface area contributed by atoms with Crippen LogP contribution in [0.5, 0.6) is 0 Å². The van der Waals surface area contributed by atoms with Crippen molar-refractivity contribution >= 4 is 77.6 Å². The predicted molar refractivity (Wildman–Crippen MR) is 293 cm³/mol. The van der Waals surface area contributed by atoms with E-state index in [4.69, 9.17) is 23.2 Å². The molecule has 0 radical (unpaired) electrons. The molecule has 0 aliphatic carbocycles. The van der Waals surface area contributed by atoms with E-state index in [-0.39, 0.29) is 0 Å². The quantitative estimate of drug-likeness (QED) is 0.172. The molecule has 2 nitrogen and oxygen atoms in total. The Morgan fingerprint density at radius 1 is 0.368 bits per heavy atom. The van der Waals surface area contributed by atoms with E-state index in [0.29, 0.717) is 10.0 Å². The molecule has 12 aromatic rings. The van der Waals surface area contributed by atoms with E-state index >= 15 is 0 Å². The van der Waals surface area contributed by atoms with Crippen LogP contribution in [0.1, 0.15) is 33.4 Å². The van der Waals surface area contributed by atoms with E-state index in [1.807, 2.05) is 12.1 Å². The average Bonchev–Trinajstić information content (AvgIpc) is 3.87. The lowest BCUT2D eigenvalue weighted by Gasteiger charge is -2.18. The van der Waals surface area contributed by atoms with E-state index in [1.165, 1.54) is 88.5 Å². The summed E-state index contributed by atoms with van der Waals surface area (Å²) in [5, 5.41) is 8.26. The number of rotatable bonds is 6. The second-order valence-corrected chi connectivity index (χ2v) is 19.5. The number of benzene rings is 10. The molecule has 1 N–H and O–H groups in total. The first kappa shape index (κ1) is 42.0. The van der Waals surface area contributed by atoms with Crippen LogP contribution in [0.4, 0.5) is 0 Å². The molecule has 68 heavy (non-hydrogen) atoms. The second kappa shape index (κ2) is 16.2. The number of halogens is 2. The number of aromatic amines is 1. The Morgan fingerprint density at radius 2 is 0.941 bits per heavy atom. The average molecular weight is 916 g/mol. The molecule has 0 aliphatic heterocycles. The summed E-state index contributed by atoms with van der Waals surface area (Å²) in [5.41, 5.74) is 23.9. The molecule has 12 rings (SSSR count). The van der Waals surface area contributed by atoms with Gasteiger partial charge in [0.1, 0.15) is 0 Å². The van der Waals surface area contributed by atoms with Gasteiger partial charge >= 0.3 is 0 Å². The standard InChI is InChI=1S/C64H48Cl2N2/c1-36-15-7-9-21-46(36)42-25-27-56-50(29-42)53-31-44(47-22-10-8-16-37(47)2)32-54(64(53)67-56)52-33-45(65)34-59(63(52)66)68-57-28-26-43(60-38(3)17-13-18-39(60)4)30-55(57)62-49-24-12-11-23-48(49)51(35-58(62)68)61-40(5)19-14-20-41(61)6/h7-35,67H,1-6H3. The molecule has 0 atom stereocenters. The molecule has 2 heterocycles. The number of nitrogens with one attached hydrogen (secondary N) is 1. The van der Waals surface area contributed by atoms with E-state index in [0.717, 1.165) is 60.6 Å². The number of hydrogen-bond donors (Lipinski definition) is 1. The lowest BCUT2D eigenvalue weighted by Crippen LogP contribution is -1.98. The number of aryl methyl sites for hydroxylation is 6. The van der Waals surface area contributed by atoms with Gasteiger partial charge in [-0.2, -0.15) is 0 Å². The Morgan fingerprint density at radius 3 is 1.63 bits per heavy atom. The van der Waals surface area contributed by atoms with Crippen molar-refractivity contribution in [3.8, 4) is 61.3 Å². The Balaban J connectivity index is 1.18. The molecule has 0 unspecified atom stereocenters. The fraction of sp³-hybridized carbons (Fsp3) is 0.0938. The number of hydrogen-bond acceptors (Lipinski definition) is 0. The minimum Gasteiger partial charge on any atom is -0.354 e. The monoisotopic (exact) mass is 914 g/mol. The first-order chi connectivity index (χ1) is 33.0. The van der Waals surface area contributed by atoms with Gasteiger partial charge in [-0.25, -0.2) is 0 Å². The van der Waals surface area contributed by atoms with Gasteiger partial charge in [0.25, 0.3) is 0 Å². The van der Waals surface area contributed by atoms with E-state index in [2.05, 4.69) is 215 Å². The second-order valence-electron chi connectivity index (χ2n) is 18.7. The summed E-state index contributed by atoms with van der Waals surface area (Å²) in [7, 11) is 0. The lowest BCUT2D eigenvalue weighted by atomic mass is 9.89. The van der Waals surface area contributed by atoms with E-state index < -0.39 is 0 Å². The number of nitrogens with zero attached hydrogens (tertiary/aromatic N) is 1. The molecular formula is C64H48Cl2N2. The molecule has 2 aromatic heterocycles. The van der Waals surface area contributed by atoms with Gasteiger partial charge in [-0.15, -0.1) is 0 Å². The van der Waals surface area contributed by atoms with Crippen molar-refractivity contribution in [1.29, 1.82) is 0 Å². The third-order valence-corrected chi connectivity index (χ3v) is 15.1. The zero-order chi connectivity index (χ0) is 46.5. The summed E-state index contributed by atoms with van der Waals surface area (Å²) in [6.07, 6.45) is 0. The van der Waals surface area contributed by atoms with Crippen molar-refractivity contribution in [1.82, 2.24) is 9.55 Å². The van der Waals surface area contributed by atoms with Gasteiger partial charge < -0.3 is 9.55 Å². The molecule has 4 heteroatoms. The summed E-state index contributed by atoms with van der Waals surface area (Å²) >= 11 is 15.5. The summed E-state index contributed by atoms with van der Waals surface area (Å²) in [6.45, 7) is 13.2. The molecule has 0 saturated carbocycles. The van der Waals surface area contributed by atoms with E-state index in [9.17, 15) is 0 Å². The Kier molecular flexibility index (Phi) is 9.99. The van der Waals surface area contributed by atoms with Gasteiger partial charge in [-0.1, -0.05) is 145 Å². The highest BCUT2D eigenvalue weighted by Gasteiger charge is 2.25. The normalized spacial score (nSPS) is 11.8. The highest BCUT2D eigenvalue weighted by atomic mass is 35.5. The molecule has 0 saturated heterocycles. The highest BCUT2D eigenvalue weighted by Crippen LogP contribution is 2.48. The van der Waals surface area contributed by atoms with Crippen molar-refractivity contribution < 1.29 is 0 Å². The minimum absolute atomic E-state index is 0.602. The smallest absolute Gasteiger partial charge is 0.0726 e. The zero-order valence-electron chi connectivity index (χ0n) is 38.9. The van der Waals surface area contributed by atoms with Crippen LogP contribution in [0.3, 0.4) is 0 Å². The van der Waals surface area contributed by atoms with Crippen molar-refractivity contribution in [3.05, 3.63) is 219 Å². The maximum atomic E-state index is 8.06. The molecule has 0 amide bonds. The van der Waals surface area contributed by atoms with Crippen LogP contribution in [-0.4, -0.2) is 9.55 Å². The minimum atomic E-state index is 0.602. The third kappa shape index (κ3) is 6.61. The summed E-state index contributed by atoms with van der Waals surface area (Å²) in [6, 6.07) is 64.0. The Bertz CT molecular complexity index is 4030. The number of H-pyrrole nitrogens is 1. The SMILES string of the molecule is Cc1ccccc1-c1ccc2[nH]c3c(-c4cc(Cl)cc(-n5c6ccc(-c7c(C)cccc7C)cc6c6c7ccccc7c(-c7c(C)cccc7C)cc65)c4Cl)cc(-c4ccccc4C)cc3c2c1. The van der Waals surface area contributed by atoms with Crippen molar-refractivity contribution in [2.75, 3.05) is 0 Å². The molecule has 0 fully saturated rings. The summed E-state index contributed by atoms with van der Waals surface area (Å²) in [4.78, 5) is 3.87. The van der Waals surface area contributed by atoms with Gasteiger partial charge in [0, 0.05) is 43.2 Å². The molecule has 0 bridgehead atoms. The van der Waals surface area contributed by atoms with Crippen LogP contribution >= 0.6 is 23.2 Å². The van der Waals surface area contributed by atoms with Gasteiger partial charge in [0.05, 0.1) is 27.3 Å². The van der Waals surface area contributed by atoms with Crippen LogP contribution in [0, 0.1) is 41.5 Å². The Hall–Kier alpha value is -7.36. The van der Waals surface area contributed by atoms with Crippen LogP contribution in [0.25, 0.3) is 116 Å². The fourth-order valence-electron chi connectivity index (χ4n) is 11.3. The molecule has 10 aromatic carbocycles. The van der Waals surface area contributed by atoms with Gasteiger partial charge in [0.15, 0.2) is 0 Å². The predicted octanol–water partition coefficient (Wildman–Crippen LogP) is 19.1. The van der Waals surface area contributed by atoms with Crippen LogP contribution in [0.2, 0.25) is 10.0 Å². The van der Waals surface area contributed by atoms with Crippen molar-refractivity contribution in [2.24, 2.45) is 0 Å². The Labute approximate surface area is 407 Å². The molecule has 328 valence electrons. The first-order valence-electron chi connectivity index (χ1n) is 23.4. The maximum absolute atomic E-state index is 8.06. The maximum Gasteiger partial charge on any atom is 0.0726 e. The molecule has 0 spiro atoms. The number of aromatic nitrogens is 2. The lowest BCUT2D eigenvalue weighted by molar-refractivity contribution is 1.18. The van der Waals surface area contributed by atoms with Crippen LogP contribution in [-0.2, 0) is 0 Å². The van der Waals surface area contributed by atoms with Crippen LogP contribution < -0.4 is 0 Å². The summed E-state index contributed by atoms with van der Waals surface area (Å²) < 4.78 is 2.36. The molecule has 0 aliphatic rings. The number of fused-ring (bicyclic) bond motifs is 8. The molecular weight excluding hydrogens is 868 g/mol. The first-order valence-corrected chi connectivity index (χ1v) is 24.1. The van der Waals surface area contributed by atoms with Crippen LogP contribution in [0.15, 0.2) is 176 Å². The summed E-state index contributed by atoms with van der Waals surface area (Å²) in [5.74, 6) is 0. The topological polar surface area (TPSA) is 20.7 Å².